The van der Waals surface area contributed by atoms with Crippen molar-refractivity contribution in [2.24, 2.45) is 0 Å². The molecule has 0 saturated heterocycles. The first-order valence-corrected chi connectivity index (χ1v) is 16.6. The van der Waals surface area contributed by atoms with Crippen LogP contribution < -0.4 is 0 Å². The van der Waals surface area contributed by atoms with Gasteiger partial charge in [-0.25, -0.2) is 0 Å². The number of aromatic amines is 2. The summed E-state index contributed by atoms with van der Waals surface area (Å²) in [4.78, 5) is 9.92. The van der Waals surface area contributed by atoms with Gasteiger partial charge >= 0.3 is 0 Å². The molecule has 206 valence electrons. The first-order chi connectivity index (χ1) is 19.8. The minimum atomic E-state index is 0.203. The average Bonchev–Trinajstić information content (AvgIpc) is 3.71. The summed E-state index contributed by atoms with van der Waals surface area (Å²) in [6.45, 7) is 13.4. The SMILES string of the molecule is Cc1cc(C)c(C(c2ccc[nH]2)c2cc3sc4cc(C(c5ccc[nH]5)c5c(C)cc(C)cc5C)sc4c3s2)c(C)c1. The number of H-pyrrole nitrogens is 2. The topological polar surface area (TPSA) is 31.6 Å². The van der Waals surface area contributed by atoms with Gasteiger partial charge in [-0.05, 0) is 111 Å². The van der Waals surface area contributed by atoms with E-state index >= 15 is 0 Å². The van der Waals surface area contributed by atoms with Crippen LogP contribution in [0, 0.1) is 41.5 Å². The minimum Gasteiger partial charge on any atom is -0.364 e. The highest BCUT2D eigenvalue weighted by atomic mass is 32.1. The predicted octanol–water partition coefficient (Wildman–Crippen LogP) is 11.0. The molecule has 0 aliphatic carbocycles. The Morgan fingerprint density at radius 1 is 0.512 bits per heavy atom. The fourth-order valence-electron chi connectivity index (χ4n) is 6.90. The average molecular weight is 591 g/mol. The van der Waals surface area contributed by atoms with E-state index in [2.05, 4.69) is 125 Å². The van der Waals surface area contributed by atoms with Crippen LogP contribution in [0.1, 0.15) is 77.5 Å². The number of hydrogen-bond acceptors (Lipinski definition) is 3. The van der Waals surface area contributed by atoms with Crippen LogP contribution >= 0.6 is 34.0 Å². The monoisotopic (exact) mass is 590 g/mol. The molecule has 2 atom stereocenters. The van der Waals surface area contributed by atoms with Gasteiger partial charge in [0.05, 0.1) is 21.2 Å². The lowest BCUT2D eigenvalue weighted by atomic mass is 9.86. The Morgan fingerprint density at radius 3 is 1.24 bits per heavy atom. The molecule has 2 unspecified atom stereocenters. The van der Waals surface area contributed by atoms with E-state index in [4.69, 9.17) is 0 Å². The van der Waals surface area contributed by atoms with Gasteiger partial charge in [0.1, 0.15) is 0 Å². The fourth-order valence-corrected chi connectivity index (χ4v) is 11.2. The lowest BCUT2D eigenvalue weighted by Gasteiger charge is -2.21. The second-order valence-corrected chi connectivity index (χ2v) is 14.8. The Kier molecular flexibility index (Phi) is 6.57. The van der Waals surface area contributed by atoms with Crippen molar-refractivity contribution in [2.45, 2.75) is 53.4 Å². The van der Waals surface area contributed by atoms with E-state index in [0.29, 0.717) is 0 Å². The van der Waals surface area contributed by atoms with Gasteiger partial charge in [0.25, 0.3) is 0 Å². The first kappa shape index (κ1) is 26.5. The van der Waals surface area contributed by atoms with Crippen molar-refractivity contribution in [2.75, 3.05) is 0 Å². The minimum absolute atomic E-state index is 0.203. The largest absolute Gasteiger partial charge is 0.364 e. The third-order valence-electron chi connectivity index (χ3n) is 8.35. The second kappa shape index (κ2) is 10.2. The van der Waals surface area contributed by atoms with Crippen LogP contribution in [-0.2, 0) is 0 Å². The highest BCUT2D eigenvalue weighted by molar-refractivity contribution is 7.38. The summed E-state index contributed by atoms with van der Waals surface area (Å²) >= 11 is 5.90. The third kappa shape index (κ3) is 4.51. The fraction of sp³-hybridized carbons (Fsp3) is 0.222. The number of thiophene rings is 3. The number of rotatable bonds is 6. The zero-order chi connectivity index (χ0) is 28.4. The van der Waals surface area contributed by atoms with E-state index in [0.717, 1.165) is 0 Å². The summed E-state index contributed by atoms with van der Waals surface area (Å²) in [6.07, 6.45) is 4.10. The maximum absolute atomic E-state index is 3.55. The molecule has 2 nitrogen and oxygen atoms in total. The van der Waals surface area contributed by atoms with Gasteiger partial charge in [0.15, 0.2) is 0 Å². The molecule has 0 aliphatic heterocycles. The molecule has 0 radical (unpaired) electrons. The van der Waals surface area contributed by atoms with Crippen molar-refractivity contribution in [3.63, 3.8) is 0 Å². The molecule has 0 fully saturated rings. The van der Waals surface area contributed by atoms with Crippen molar-refractivity contribution in [3.8, 4) is 0 Å². The predicted molar refractivity (Wildman–Crippen MR) is 180 cm³/mol. The third-order valence-corrected chi connectivity index (χ3v) is 12.3. The van der Waals surface area contributed by atoms with Gasteiger partial charge in [-0.2, -0.15) is 0 Å². The molecule has 5 heteroatoms. The summed E-state index contributed by atoms with van der Waals surface area (Å²) in [5, 5.41) is 0. The van der Waals surface area contributed by atoms with Crippen LogP contribution in [0.3, 0.4) is 0 Å². The number of benzene rings is 2. The summed E-state index contributed by atoms with van der Waals surface area (Å²) in [5.41, 5.74) is 13.5. The van der Waals surface area contributed by atoms with Crippen molar-refractivity contribution < 1.29 is 0 Å². The quantitative estimate of drug-likeness (QED) is 0.193. The molecule has 2 aromatic carbocycles. The van der Waals surface area contributed by atoms with Crippen LogP contribution in [0.15, 0.2) is 73.1 Å². The van der Waals surface area contributed by atoms with Crippen molar-refractivity contribution >= 4 is 52.8 Å². The normalized spacial score (nSPS) is 13.4. The number of hydrogen-bond donors (Lipinski definition) is 2. The van der Waals surface area contributed by atoms with Crippen molar-refractivity contribution in [3.05, 3.63) is 139 Å². The molecule has 7 rings (SSSR count). The molecule has 0 saturated carbocycles. The van der Waals surface area contributed by atoms with Crippen LogP contribution in [0.2, 0.25) is 0 Å². The van der Waals surface area contributed by atoms with E-state index in [-0.39, 0.29) is 11.8 Å². The number of fused-ring (bicyclic) bond motifs is 3. The lowest BCUT2D eigenvalue weighted by molar-refractivity contribution is 0.929. The standard InChI is InChI=1S/C36H34N2S3/c1-19-13-21(3)31(22(4)14-19)33(25-9-7-11-37-25)27-17-29-35(40-27)36-30(39-29)18-28(41-36)34(26-10-8-12-38-26)32-23(5)15-20(2)16-24(32)6/h7-18,33-34,37-38H,1-6H3. The van der Waals surface area contributed by atoms with E-state index in [1.54, 1.807) is 0 Å². The van der Waals surface area contributed by atoms with E-state index in [1.165, 1.54) is 84.4 Å². The second-order valence-electron chi connectivity index (χ2n) is 11.5. The molecule has 2 N–H and O–H groups in total. The van der Waals surface area contributed by atoms with Crippen molar-refractivity contribution in [1.29, 1.82) is 0 Å². The van der Waals surface area contributed by atoms with Gasteiger partial charge in [0, 0.05) is 42.9 Å². The maximum Gasteiger partial charge on any atom is 0.0632 e. The van der Waals surface area contributed by atoms with E-state index in [9.17, 15) is 0 Å². The molecule has 5 heterocycles. The van der Waals surface area contributed by atoms with Gasteiger partial charge in [0.2, 0.25) is 0 Å². The molecule has 5 aromatic heterocycles. The lowest BCUT2D eigenvalue weighted by Crippen LogP contribution is -2.07. The highest BCUT2D eigenvalue weighted by Gasteiger charge is 2.28. The maximum atomic E-state index is 3.55. The van der Waals surface area contributed by atoms with Gasteiger partial charge in [-0.1, -0.05) is 35.4 Å². The summed E-state index contributed by atoms with van der Waals surface area (Å²) < 4.78 is 5.66. The molecular formula is C36H34N2S3. The first-order valence-electron chi connectivity index (χ1n) is 14.2. The van der Waals surface area contributed by atoms with Gasteiger partial charge in [-0.15, -0.1) is 34.0 Å². The Labute approximate surface area is 253 Å². The molecule has 41 heavy (non-hydrogen) atoms. The van der Waals surface area contributed by atoms with Crippen LogP contribution in [-0.4, -0.2) is 9.97 Å². The van der Waals surface area contributed by atoms with Gasteiger partial charge < -0.3 is 9.97 Å². The Bertz CT molecular complexity index is 1820. The number of aryl methyl sites for hydroxylation is 6. The molecule has 0 amide bonds. The molecule has 0 spiro atoms. The Morgan fingerprint density at radius 2 is 0.902 bits per heavy atom. The molecule has 7 aromatic rings. The summed E-state index contributed by atoms with van der Waals surface area (Å²) in [6, 6.07) is 22.9. The van der Waals surface area contributed by atoms with E-state index < -0.39 is 0 Å². The smallest absolute Gasteiger partial charge is 0.0632 e. The van der Waals surface area contributed by atoms with E-state index in [1.807, 2.05) is 34.0 Å². The number of nitrogens with one attached hydrogen (secondary N) is 2. The Hall–Kier alpha value is -3.38. The van der Waals surface area contributed by atoms with Crippen LogP contribution in [0.5, 0.6) is 0 Å². The van der Waals surface area contributed by atoms with Crippen LogP contribution in [0.25, 0.3) is 18.8 Å². The summed E-state index contributed by atoms with van der Waals surface area (Å²) in [5.74, 6) is 0.406. The molecule has 0 bridgehead atoms. The summed E-state index contributed by atoms with van der Waals surface area (Å²) in [7, 11) is 0. The molecular weight excluding hydrogens is 557 g/mol. The molecule has 0 aliphatic rings. The highest BCUT2D eigenvalue weighted by Crippen LogP contribution is 2.50. The number of aromatic nitrogens is 2. The zero-order valence-corrected chi connectivity index (χ0v) is 26.8. The Balaban J connectivity index is 1.38. The zero-order valence-electron chi connectivity index (χ0n) is 24.3. The van der Waals surface area contributed by atoms with Gasteiger partial charge in [-0.3, -0.25) is 0 Å². The van der Waals surface area contributed by atoms with Crippen molar-refractivity contribution in [1.82, 2.24) is 9.97 Å². The van der Waals surface area contributed by atoms with Crippen LogP contribution in [0.4, 0.5) is 0 Å².